The molecule has 0 spiro atoms. The molecule has 0 radical (unpaired) electrons. The number of carbonyl (C=O) groups excluding carboxylic acids is 2. The molecule has 80 valence electrons. The highest BCUT2D eigenvalue weighted by molar-refractivity contribution is 9.09. The minimum Gasteiger partial charge on any atom is -0.298 e. The number of fused-ring (bicyclic) bond motifs is 1. The summed E-state index contributed by atoms with van der Waals surface area (Å²) < 4.78 is 0. The first kappa shape index (κ1) is 11.0. The van der Waals surface area contributed by atoms with Gasteiger partial charge < -0.3 is 0 Å². The van der Waals surface area contributed by atoms with Gasteiger partial charge in [0.25, 0.3) is 0 Å². The summed E-state index contributed by atoms with van der Waals surface area (Å²) in [6.07, 6.45) is 3.88. The van der Waals surface area contributed by atoms with Crippen LogP contribution < -0.4 is 0 Å². The summed E-state index contributed by atoms with van der Waals surface area (Å²) in [5.41, 5.74) is 0.900. The van der Waals surface area contributed by atoms with Crippen LogP contribution in [0.25, 0.3) is 0 Å². The summed E-state index contributed by atoms with van der Waals surface area (Å²) in [6, 6.07) is 0. The van der Waals surface area contributed by atoms with Crippen LogP contribution in [-0.2, 0) is 9.59 Å². The van der Waals surface area contributed by atoms with E-state index in [2.05, 4.69) is 15.9 Å². The van der Waals surface area contributed by atoms with Gasteiger partial charge in [-0.1, -0.05) is 33.8 Å². The van der Waals surface area contributed by atoms with E-state index in [1.807, 2.05) is 13.0 Å². The van der Waals surface area contributed by atoms with Crippen LogP contribution in [0, 0.1) is 0 Å². The van der Waals surface area contributed by atoms with Gasteiger partial charge in [0.15, 0.2) is 5.78 Å². The van der Waals surface area contributed by atoms with Crippen molar-refractivity contribution in [3.63, 3.8) is 0 Å². The standard InChI is InChI=1S/C10H10BrNO2S/c1-6-12(10(14)5-11)8-3-2-7(13)4-9(8)15-6/h3-4,6H,2,5H2,1H3. The zero-order valence-electron chi connectivity index (χ0n) is 8.20. The molecule has 0 N–H and O–H groups in total. The van der Waals surface area contributed by atoms with Gasteiger partial charge in [0.05, 0.1) is 16.4 Å². The van der Waals surface area contributed by atoms with Crippen LogP contribution in [-0.4, -0.2) is 27.3 Å². The lowest BCUT2D eigenvalue weighted by Crippen LogP contribution is -2.32. The second-order valence-corrected chi connectivity index (χ2v) is 5.30. The number of nitrogens with zero attached hydrogens (tertiary/aromatic N) is 1. The molecule has 1 heterocycles. The van der Waals surface area contributed by atoms with Crippen molar-refractivity contribution in [2.75, 3.05) is 5.33 Å². The van der Waals surface area contributed by atoms with Crippen LogP contribution >= 0.6 is 27.7 Å². The molecule has 0 aromatic heterocycles. The molecule has 15 heavy (non-hydrogen) atoms. The molecule has 1 atom stereocenters. The largest absolute Gasteiger partial charge is 0.298 e. The van der Waals surface area contributed by atoms with E-state index in [0.717, 1.165) is 10.6 Å². The fourth-order valence-corrected chi connectivity index (χ4v) is 3.20. The normalized spacial score (nSPS) is 24.8. The molecular weight excluding hydrogens is 278 g/mol. The Balaban J connectivity index is 2.33. The first-order valence-electron chi connectivity index (χ1n) is 4.63. The van der Waals surface area contributed by atoms with E-state index in [1.54, 1.807) is 22.7 Å². The van der Waals surface area contributed by atoms with Crippen LogP contribution in [0.15, 0.2) is 22.8 Å². The molecule has 1 amide bonds. The smallest absolute Gasteiger partial charge is 0.238 e. The number of amides is 1. The number of alkyl halides is 1. The van der Waals surface area contributed by atoms with Crippen molar-refractivity contribution in [2.24, 2.45) is 0 Å². The van der Waals surface area contributed by atoms with E-state index in [4.69, 9.17) is 0 Å². The molecule has 5 heteroatoms. The van der Waals surface area contributed by atoms with Gasteiger partial charge in [-0.15, -0.1) is 0 Å². The molecule has 0 aromatic carbocycles. The van der Waals surface area contributed by atoms with E-state index in [0.29, 0.717) is 11.8 Å². The summed E-state index contributed by atoms with van der Waals surface area (Å²) in [4.78, 5) is 25.6. The van der Waals surface area contributed by atoms with Gasteiger partial charge in [-0.2, -0.15) is 0 Å². The van der Waals surface area contributed by atoms with Crippen LogP contribution in [0.5, 0.6) is 0 Å². The molecule has 3 nitrogen and oxygen atoms in total. The average molecular weight is 288 g/mol. The van der Waals surface area contributed by atoms with Gasteiger partial charge in [-0.25, -0.2) is 0 Å². The van der Waals surface area contributed by atoms with Gasteiger partial charge in [0.2, 0.25) is 5.91 Å². The second-order valence-electron chi connectivity index (χ2n) is 3.38. The number of rotatable bonds is 1. The van der Waals surface area contributed by atoms with Gasteiger partial charge in [-0.05, 0) is 13.0 Å². The van der Waals surface area contributed by atoms with E-state index < -0.39 is 0 Å². The van der Waals surface area contributed by atoms with Crippen molar-refractivity contribution < 1.29 is 9.59 Å². The SMILES string of the molecule is CC1SC2=CC(=O)CC=C2N1C(=O)CBr. The summed E-state index contributed by atoms with van der Waals surface area (Å²) in [5.74, 6) is 0.153. The Hall–Kier alpha value is -0.550. The zero-order valence-corrected chi connectivity index (χ0v) is 10.6. The fraction of sp³-hybridized carbons (Fsp3) is 0.400. The number of thioether (sulfide) groups is 1. The molecule has 1 aliphatic heterocycles. The van der Waals surface area contributed by atoms with Gasteiger partial charge in [0, 0.05) is 11.3 Å². The van der Waals surface area contributed by atoms with E-state index in [-0.39, 0.29) is 17.1 Å². The number of allylic oxidation sites excluding steroid dienone is 2. The molecule has 0 bridgehead atoms. The van der Waals surface area contributed by atoms with Crippen LogP contribution in [0.3, 0.4) is 0 Å². The lowest BCUT2D eigenvalue weighted by atomic mass is 10.1. The Kier molecular flexibility index (Phi) is 3.02. The predicted octanol–water partition coefficient (Wildman–Crippen LogP) is 2.04. The van der Waals surface area contributed by atoms with Crippen molar-refractivity contribution in [2.45, 2.75) is 18.7 Å². The summed E-state index contributed by atoms with van der Waals surface area (Å²) in [6.45, 7) is 1.97. The fourth-order valence-electron chi connectivity index (χ4n) is 1.72. The Morgan fingerprint density at radius 1 is 1.73 bits per heavy atom. The molecule has 1 saturated heterocycles. The average Bonchev–Trinajstić information content (AvgIpc) is 2.52. The second kappa shape index (κ2) is 4.14. The first-order valence-corrected chi connectivity index (χ1v) is 6.63. The summed E-state index contributed by atoms with van der Waals surface area (Å²) in [7, 11) is 0. The highest BCUT2D eigenvalue weighted by Crippen LogP contribution is 2.43. The molecule has 1 fully saturated rings. The Labute approximate surface area is 101 Å². The Morgan fingerprint density at radius 3 is 3.13 bits per heavy atom. The molecule has 2 aliphatic rings. The predicted molar refractivity (Wildman–Crippen MR) is 63.5 cm³/mol. The summed E-state index contributed by atoms with van der Waals surface area (Å²) >= 11 is 4.73. The molecule has 1 aliphatic carbocycles. The van der Waals surface area contributed by atoms with Crippen molar-refractivity contribution in [1.82, 2.24) is 4.90 Å². The van der Waals surface area contributed by atoms with Crippen molar-refractivity contribution in [3.8, 4) is 0 Å². The highest BCUT2D eigenvalue weighted by atomic mass is 79.9. The highest BCUT2D eigenvalue weighted by Gasteiger charge is 2.35. The van der Waals surface area contributed by atoms with Crippen molar-refractivity contribution >= 4 is 39.4 Å². The summed E-state index contributed by atoms with van der Waals surface area (Å²) in [5, 5.41) is 0.398. The van der Waals surface area contributed by atoms with E-state index in [9.17, 15) is 9.59 Å². The van der Waals surface area contributed by atoms with Crippen molar-refractivity contribution in [3.05, 3.63) is 22.8 Å². The molecule has 2 rings (SSSR count). The monoisotopic (exact) mass is 287 g/mol. The third-order valence-electron chi connectivity index (χ3n) is 2.34. The zero-order chi connectivity index (χ0) is 11.0. The third kappa shape index (κ3) is 1.90. The molecule has 0 saturated carbocycles. The lowest BCUT2D eigenvalue weighted by molar-refractivity contribution is -0.126. The maximum Gasteiger partial charge on any atom is 0.238 e. The Bertz CT molecular complexity index is 389. The minimum absolute atomic E-state index is 0.0407. The van der Waals surface area contributed by atoms with Gasteiger partial charge in [0.1, 0.15) is 0 Å². The van der Waals surface area contributed by atoms with Gasteiger partial charge >= 0.3 is 0 Å². The van der Waals surface area contributed by atoms with E-state index in [1.165, 1.54) is 0 Å². The number of ketones is 1. The van der Waals surface area contributed by atoms with Crippen LogP contribution in [0.4, 0.5) is 0 Å². The number of hydrogen-bond donors (Lipinski definition) is 0. The molecule has 0 aromatic rings. The minimum atomic E-state index is 0.0407. The Morgan fingerprint density at radius 2 is 2.47 bits per heavy atom. The lowest BCUT2D eigenvalue weighted by Gasteiger charge is -2.21. The van der Waals surface area contributed by atoms with Crippen LogP contribution in [0.1, 0.15) is 13.3 Å². The third-order valence-corrected chi connectivity index (χ3v) is 3.96. The van der Waals surface area contributed by atoms with Crippen molar-refractivity contribution in [1.29, 1.82) is 0 Å². The quantitative estimate of drug-likeness (QED) is 0.693. The van der Waals surface area contributed by atoms with E-state index >= 15 is 0 Å². The topological polar surface area (TPSA) is 37.4 Å². The number of halogens is 1. The van der Waals surface area contributed by atoms with Gasteiger partial charge in [-0.3, -0.25) is 14.5 Å². The maximum absolute atomic E-state index is 11.7. The molecular formula is C10H10BrNO2S. The maximum atomic E-state index is 11.7. The number of hydrogen-bond acceptors (Lipinski definition) is 3. The molecule has 1 unspecified atom stereocenters. The first-order chi connectivity index (χ1) is 7.13. The van der Waals surface area contributed by atoms with Crippen LogP contribution in [0.2, 0.25) is 0 Å². The number of carbonyl (C=O) groups is 2.